The minimum atomic E-state index is 1.10. The Labute approximate surface area is 69.0 Å². The van der Waals surface area contributed by atoms with Gasteiger partial charge in [0, 0.05) is 11.4 Å². The van der Waals surface area contributed by atoms with Gasteiger partial charge in [-0.05, 0) is 38.5 Å². The Morgan fingerprint density at radius 2 is 1.60 bits per heavy atom. The second-order valence-corrected chi connectivity index (χ2v) is 2.43. The lowest BCUT2D eigenvalue weighted by atomic mass is 10.2. The Morgan fingerprint density at radius 1 is 1.20 bits per heavy atom. The van der Waals surface area contributed by atoms with Gasteiger partial charge in [-0.25, -0.2) is 0 Å². The third-order valence-electron chi connectivity index (χ3n) is 1.23. The summed E-state index contributed by atoms with van der Waals surface area (Å²) in [5, 5.41) is 0. The summed E-state index contributed by atoms with van der Waals surface area (Å²) in [7, 11) is 0. The Hall–Kier alpha value is -0.560. The highest BCUT2D eigenvalue weighted by atomic mass is 35.5. The van der Waals surface area contributed by atoms with Crippen LogP contribution in [0.15, 0.2) is 12.1 Å². The van der Waals surface area contributed by atoms with Crippen molar-refractivity contribution in [1.82, 2.24) is 4.98 Å². The van der Waals surface area contributed by atoms with E-state index in [1.165, 1.54) is 5.56 Å². The highest BCUT2D eigenvalue weighted by molar-refractivity contribution is 5.85. The van der Waals surface area contributed by atoms with Crippen LogP contribution in [0, 0.1) is 20.8 Å². The molecule has 0 saturated heterocycles. The van der Waals surface area contributed by atoms with Gasteiger partial charge in [0.05, 0.1) is 0 Å². The van der Waals surface area contributed by atoms with E-state index in [2.05, 4.69) is 36.4 Å². The third kappa shape index (κ3) is 2.36. The Kier molecular flexibility index (Phi) is 2.69. The predicted molar refractivity (Wildman–Crippen MR) is 45.7 cm³/mol. The van der Waals surface area contributed by atoms with Gasteiger partial charge >= 0.3 is 0 Å². The smallest absolute Gasteiger partial charge is 0.147 e. The van der Waals surface area contributed by atoms with Gasteiger partial charge in [-0.1, -0.05) is 0 Å². The fourth-order valence-electron chi connectivity index (χ4n) is 1.04. The summed E-state index contributed by atoms with van der Waals surface area (Å²) in [6.45, 7) is 6.11. The van der Waals surface area contributed by atoms with Gasteiger partial charge in [-0.3, -0.25) is 4.98 Å². The average molecular weight is 159 g/mol. The fraction of sp³-hybridized carbons (Fsp3) is 0.375. The van der Waals surface area contributed by atoms with E-state index in [4.69, 9.17) is 1.17 Å². The van der Waals surface area contributed by atoms with E-state index < -0.39 is 0 Å². The topological polar surface area (TPSA) is 12.9 Å². The monoisotopic (exact) mass is 158 g/mol. The van der Waals surface area contributed by atoms with E-state index in [1.807, 2.05) is 13.8 Å². The van der Waals surface area contributed by atoms with E-state index in [0.717, 1.165) is 11.4 Å². The molecule has 1 heterocycles. The van der Waals surface area contributed by atoms with Crippen LogP contribution in [0.3, 0.4) is 0 Å². The van der Waals surface area contributed by atoms with E-state index >= 15 is 0 Å². The van der Waals surface area contributed by atoms with Crippen LogP contribution >= 0.6 is 12.3 Å². The minimum Gasteiger partial charge on any atom is -0.258 e. The second-order valence-electron chi connectivity index (χ2n) is 2.43. The van der Waals surface area contributed by atoms with Crippen molar-refractivity contribution in [3.8, 4) is 0 Å². The molecule has 56 valence electrons. The Balaban J connectivity index is 0.000000461. The molecule has 1 rings (SSSR count). The molecular weight excluding hydrogens is 146 g/mol. The first kappa shape index (κ1) is 7.55. The SMILES string of the molecule is Cc1cc(C)nc(C)c1.[2H]Cl. The minimum absolute atomic E-state index is 1.10. The van der Waals surface area contributed by atoms with E-state index in [-0.39, 0.29) is 0 Å². The van der Waals surface area contributed by atoms with Crippen molar-refractivity contribution in [2.24, 2.45) is 0 Å². The first-order valence-corrected chi connectivity index (χ1v) is 3.10. The molecule has 0 spiro atoms. The summed E-state index contributed by atoms with van der Waals surface area (Å²) < 4.78 is 5.22. The summed E-state index contributed by atoms with van der Waals surface area (Å²) in [6, 6.07) is 4.15. The van der Waals surface area contributed by atoms with Gasteiger partial charge < -0.3 is 0 Å². The van der Waals surface area contributed by atoms with Crippen molar-refractivity contribution in [1.29, 1.82) is 1.17 Å². The molecule has 1 aromatic rings. The molecule has 0 N–H and O–H groups in total. The maximum absolute atomic E-state index is 5.22. The summed E-state index contributed by atoms with van der Waals surface area (Å²) in [4.78, 5) is 4.23. The highest BCUT2D eigenvalue weighted by Crippen LogP contribution is 2.01. The molecule has 0 atom stereocenters. The van der Waals surface area contributed by atoms with Gasteiger partial charge in [-0.2, -0.15) is 0 Å². The van der Waals surface area contributed by atoms with Gasteiger partial charge in [0.25, 0.3) is 0 Å². The average Bonchev–Trinajstić information content (AvgIpc) is 1.88. The Bertz CT molecular complexity index is 175. The maximum atomic E-state index is 5.22. The van der Waals surface area contributed by atoms with Crippen molar-refractivity contribution in [3.05, 3.63) is 29.1 Å². The van der Waals surface area contributed by atoms with E-state index in [1.54, 1.807) is 0 Å². The summed E-state index contributed by atoms with van der Waals surface area (Å²) in [6.07, 6.45) is 0. The standard InChI is InChI=1S/C8H11N.ClH/c1-6-4-7(2)9-8(3)5-6;/h4-5H,1-3H3;1H/i/hD. The molecule has 0 unspecified atom stereocenters. The van der Waals surface area contributed by atoms with E-state index in [9.17, 15) is 0 Å². The molecule has 0 saturated carbocycles. The summed E-state index contributed by atoms with van der Waals surface area (Å²) in [5.74, 6) is 0. The second kappa shape index (κ2) is 3.57. The molecule has 0 fully saturated rings. The van der Waals surface area contributed by atoms with Crippen LogP contribution in [0.4, 0.5) is 0 Å². The number of halogens is 1. The van der Waals surface area contributed by atoms with Gasteiger partial charge in [-0.15, -0.1) is 12.3 Å². The molecule has 0 aliphatic carbocycles. The zero-order valence-electron chi connectivity index (χ0n) is 7.48. The quantitative estimate of drug-likeness (QED) is 0.565. The lowest BCUT2D eigenvalue weighted by Crippen LogP contribution is -1.85. The van der Waals surface area contributed by atoms with E-state index in [0.29, 0.717) is 0 Å². The van der Waals surface area contributed by atoms with Gasteiger partial charge in [0.1, 0.15) is 1.17 Å². The molecule has 1 nitrogen and oxygen atoms in total. The maximum Gasteiger partial charge on any atom is 0.147 e. The molecule has 10 heavy (non-hydrogen) atoms. The lowest BCUT2D eigenvalue weighted by molar-refractivity contribution is 1.10. The summed E-state index contributed by atoms with van der Waals surface area (Å²) >= 11 is 3.89. The third-order valence-corrected chi connectivity index (χ3v) is 1.23. The van der Waals surface area contributed by atoms with Crippen LogP contribution in [-0.2, 0) is 0 Å². The highest BCUT2D eigenvalue weighted by Gasteiger charge is 1.88. The zero-order chi connectivity index (χ0) is 8.85. The fourth-order valence-corrected chi connectivity index (χ4v) is 1.04. The molecule has 0 aromatic carbocycles. The van der Waals surface area contributed by atoms with Crippen molar-refractivity contribution < 1.29 is 0 Å². The Morgan fingerprint density at radius 3 is 1.90 bits per heavy atom. The largest absolute Gasteiger partial charge is 0.258 e. The first-order chi connectivity index (χ1) is 5.18. The molecule has 0 amide bonds. The van der Waals surface area contributed by atoms with Crippen LogP contribution in [-0.4, -0.2) is 6.16 Å². The summed E-state index contributed by atoms with van der Waals surface area (Å²) in [5.41, 5.74) is 3.50. The normalized spacial score (nSPS) is 9.40. The molecule has 1 aromatic heterocycles. The van der Waals surface area contributed by atoms with Crippen molar-refractivity contribution in [2.75, 3.05) is 0 Å². The van der Waals surface area contributed by atoms with Crippen molar-refractivity contribution in [2.45, 2.75) is 20.8 Å². The first-order valence-electron chi connectivity index (χ1n) is 3.48. The lowest BCUT2D eigenvalue weighted by Gasteiger charge is -1.96. The number of pyridine rings is 1. The molecule has 2 heteroatoms. The molecule has 0 radical (unpaired) electrons. The molecule has 0 aliphatic rings. The zero-order valence-corrected chi connectivity index (χ0v) is 7.24. The number of rotatable bonds is 0. The van der Waals surface area contributed by atoms with Crippen molar-refractivity contribution >= 4 is 12.3 Å². The molecule has 0 aliphatic heterocycles. The van der Waals surface area contributed by atoms with Gasteiger partial charge in [0.15, 0.2) is 0 Å². The number of aryl methyl sites for hydroxylation is 3. The number of hydrogen-bond donors (Lipinski definition) is 0. The van der Waals surface area contributed by atoms with Crippen LogP contribution in [0.2, 0.25) is 0 Å². The number of aromatic nitrogens is 1. The molecular formula is C8H12ClN. The van der Waals surface area contributed by atoms with Crippen LogP contribution in [0.25, 0.3) is 0 Å². The van der Waals surface area contributed by atoms with Crippen molar-refractivity contribution in [3.63, 3.8) is 0 Å². The number of nitrogens with zero attached hydrogens (tertiary/aromatic N) is 1. The molecule has 0 bridgehead atoms. The van der Waals surface area contributed by atoms with Crippen LogP contribution in [0.5, 0.6) is 0 Å². The predicted octanol–water partition coefficient (Wildman–Crippen LogP) is 2.43. The van der Waals surface area contributed by atoms with Crippen LogP contribution in [0.1, 0.15) is 17.0 Å². The van der Waals surface area contributed by atoms with Gasteiger partial charge in [0.2, 0.25) is 0 Å². The van der Waals surface area contributed by atoms with Crippen LogP contribution < -0.4 is 0 Å². The number of hydrogen-bond acceptors (Lipinski definition) is 1.